The van der Waals surface area contributed by atoms with Gasteiger partial charge in [-0.15, -0.1) is 0 Å². The van der Waals surface area contributed by atoms with Gasteiger partial charge in [-0.3, -0.25) is 14.5 Å². The number of benzene rings is 3. The Morgan fingerprint density at radius 1 is 0.914 bits per heavy atom. The van der Waals surface area contributed by atoms with Gasteiger partial charge in [0.15, 0.2) is 11.5 Å². The first-order chi connectivity index (χ1) is 16.9. The second-order valence-electron chi connectivity index (χ2n) is 7.81. The van der Waals surface area contributed by atoms with Crippen LogP contribution in [0.1, 0.15) is 16.7 Å². The summed E-state index contributed by atoms with van der Waals surface area (Å²) < 4.78 is 18.1. The van der Waals surface area contributed by atoms with Crippen molar-refractivity contribution in [2.45, 2.75) is 13.5 Å². The predicted molar refractivity (Wildman–Crippen MR) is 146 cm³/mol. The number of carbonyl (C=O) groups is 2. The summed E-state index contributed by atoms with van der Waals surface area (Å²) in [5.74, 6) is 1.60. The lowest BCUT2D eigenvalue weighted by molar-refractivity contribution is -0.123. The quantitative estimate of drug-likeness (QED) is 0.163. The first-order valence-corrected chi connectivity index (χ1v) is 12.8. The molecule has 0 spiro atoms. The average Bonchev–Trinajstić information content (AvgIpc) is 3.12. The third kappa shape index (κ3) is 6.58. The zero-order chi connectivity index (χ0) is 24.8. The molecule has 0 N–H and O–H groups in total. The second-order valence-corrected chi connectivity index (χ2v) is 10.1. The number of thioether (sulfide) groups is 1. The summed E-state index contributed by atoms with van der Waals surface area (Å²) in [6.07, 6.45) is 1.70. The summed E-state index contributed by atoms with van der Waals surface area (Å²) >= 11 is 3.16. The average molecular weight is 601 g/mol. The highest BCUT2D eigenvalue weighted by atomic mass is 127. The van der Waals surface area contributed by atoms with Crippen LogP contribution in [-0.4, -0.2) is 36.4 Å². The van der Waals surface area contributed by atoms with Crippen molar-refractivity contribution in [3.05, 3.63) is 91.9 Å². The predicted octanol–water partition coefficient (Wildman–Crippen LogP) is 6.30. The molecule has 180 valence electrons. The summed E-state index contributed by atoms with van der Waals surface area (Å²) in [6, 6.07) is 21.0. The molecule has 0 aromatic heterocycles. The minimum Gasteiger partial charge on any atom is -0.493 e. The van der Waals surface area contributed by atoms with E-state index in [-0.39, 0.29) is 17.7 Å². The number of halogens is 1. The van der Waals surface area contributed by atoms with E-state index in [1.165, 1.54) is 10.5 Å². The molecule has 1 heterocycles. The van der Waals surface area contributed by atoms with E-state index < -0.39 is 0 Å². The molecule has 0 atom stereocenters. The van der Waals surface area contributed by atoms with Gasteiger partial charge in [-0.2, -0.15) is 0 Å². The number of ether oxygens (including phenoxy) is 3. The topological polar surface area (TPSA) is 65.1 Å². The molecule has 1 fully saturated rings. The summed E-state index contributed by atoms with van der Waals surface area (Å²) in [5, 5.41) is -0.278. The molecule has 35 heavy (non-hydrogen) atoms. The van der Waals surface area contributed by atoms with Crippen LogP contribution in [0.15, 0.2) is 71.6 Å². The Hall–Kier alpha value is -2.98. The molecule has 1 saturated heterocycles. The van der Waals surface area contributed by atoms with Crippen molar-refractivity contribution in [2.75, 3.05) is 20.3 Å². The third-order valence-corrected chi connectivity index (χ3v) is 6.87. The normalized spacial score (nSPS) is 14.5. The number of methoxy groups -OCH3 is 1. The van der Waals surface area contributed by atoms with Gasteiger partial charge in [-0.25, -0.2) is 0 Å². The van der Waals surface area contributed by atoms with Gasteiger partial charge in [0.25, 0.3) is 11.1 Å². The summed E-state index contributed by atoms with van der Waals surface area (Å²) in [6.45, 7) is 3.02. The van der Waals surface area contributed by atoms with Gasteiger partial charge in [-0.05, 0) is 94.9 Å². The first kappa shape index (κ1) is 25.1. The van der Waals surface area contributed by atoms with Crippen molar-refractivity contribution >= 4 is 51.6 Å². The van der Waals surface area contributed by atoms with E-state index in [0.717, 1.165) is 32.2 Å². The Morgan fingerprint density at radius 2 is 1.63 bits per heavy atom. The number of carbonyl (C=O) groups excluding carboxylic acids is 2. The van der Waals surface area contributed by atoms with Crippen molar-refractivity contribution in [1.82, 2.24) is 4.90 Å². The summed E-state index contributed by atoms with van der Waals surface area (Å²) in [7, 11) is 1.56. The molecular weight excluding hydrogens is 577 g/mol. The Morgan fingerprint density at radius 3 is 2.34 bits per heavy atom. The fourth-order valence-electron chi connectivity index (χ4n) is 3.40. The molecule has 2 amide bonds. The fraction of sp³-hybridized carbons (Fsp3) is 0.185. The lowest BCUT2D eigenvalue weighted by Crippen LogP contribution is -2.27. The van der Waals surface area contributed by atoms with Gasteiger partial charge >= 0.3 is 0 Å². The molecule has 1 aliphatic rings. The first-order valence-electron chi connectivity index (χ1n) is 10.9. The van der Waals surface area contributed by atoms with Crippen molar-refractivity contribution in [1.29, 1.82) is 0 Å². The number of nitrogens with zero attached hydrogens (tertiary/aromatic N) is 1. The zero-order valence-corrected chi connectivity index (χ0v) is 22.3. The van der Waals surface area contributed by atoms with Gasteiger partial charge in [0, 0.05) is 3.57 Å². The van der Waals surface area contributed by atoms with Gasteiger partial charge in [-0.1, -0.05) is 35.9 Å². The Balaban J connectivity index is 1.38. The monoisotopic (exact) mass is 601 g/mol. The van der Waals surface area contributed by atoms with Gasteiger partial charge < -0.3 is 14.2 Å². The smallest absolute Gasteiger partial charge is 0.293 e. The van der Waals surface area contributed by atoms with Crippen molar-refractivity contribution in [3.63, 3.8) is 0 Å². The SMILES string of the molecule is COc1cc(/C=C2\SC(=O)N(Cc3ccc(I)cc3)C2=O)ccc1OCCOc1ccc(C)cc1. The number of imide groups is 1. The lowest BCUT2D eigenvalue weighted by atomic mass is 10.1. The van der Waals surface area contributed by atoms with E-state index >= 15 is 0 Å². The standard InChI is InChI=1S/C27H24INO5S/c1-18-3-10-22(11-4-18)33-13-14-34-23-12-7-20(15-24(23)32-2)16-25-26(30)29(27(31)35-25)17-19-5-8-21(28)9-6-19/h3-12,15-16H,13-14,17H2,1-2H3/b25-16-. The van der Waals surface area contributed by atoms with Crippen LogP contribution in [0.2, 0.25) is 0 Å². The third-order valence-electron chi connectivity index (χ3n) is 5.24. The van der Waals surface area contributed by atoms with Gasteiger partial charge in [0.2, 0.25) is 0 Å². The molecule has 4 rings (SSSR count). The molecule has 0 aliphatic carbocycles. The van der Waals surface area contributed by atoms with Crippen molar-refractivity contribution < 1.29 is 23.8 Å². The van der Waals surface area contributed by atoms with E-state index in [2.05, 4.69) is 22.6 Å². The highest BCUT2D eigenvalue weighted by molar-refractivity contribution is 14.1. The number of rotatable bonds is 9. The maximum absolute atomic E-state index is 12.9. The van der Waals surface area contributed by atoms with Crippen LogP contribution in [0, 0.1) is 10.5 Å². The van der Waals surface area contributed by atoms with E-state index in [9.17, 15) is 9.59 Å². The maximum atomic E-state index is 12.9. The number of amides is 2. The van der Waals surface area contributed by atoms with Gasteiger partial charge in [0.05, 0.1) is 18.6 Å². The van der Waals surface area contributed by atoms with Crippen LogP contribution in [0.3, 0.4) is 0 Å². The Kier molecular flexibility index (Phi) is 8.35. The number of hydrogen-bond donors (Lipinski definition) is 0. The number of hydrogen-bond acceptors (Lipinski definition) is 6. The Labute approximate surface area is 222 Å². The van der Waals surface area contributed by atoms with Crippen LogP contribution >= 0.6 is 34.4 Å². The van der Waals surface area contributed by atoms with Crippen LogP contribution in [0.4, 0.5) is 4.79 Å². The molecule has 3 aromatic rings. The second kappa shape index (κ2) is 11.6. The van der Waals surface area contributed by atoms with Crippen LogP contribution in [-0.2, 0) is 11.3 Å². The maximum Gasteiger partial charge on any atom is 0.293 e. The minimum atomic E-state index is -0.300. The van der Waals surface area contributed by atoms with Crippen LogP contribution in [0.25, 0.3) is 6.08 Å². The van der Waals surface area contributed by atoms with Gasteiger partial charge in [0.1, 0.15) is 19.0 Å². The van der Waals surface area contributed by atoms with E-state index in [0.29, 0.717) is 29.6 Å². The van der Waals surface area contributed by atoms with E-state index in [4.69, 9.17) is 14.2 Å². The molecule has 1 aliphatic heterocycles. The summed E-state index contributed by atoms with van der Waals surface area (Å²) in [5.41, 5.74) is 2.82. The molecular formula is C27H24INO5S. The minimum absolute atomic E-state index is 0.250. The lowest BCUT2D eigenvalue weighted by Gasteiger charge is -2.13. The van der Waals surface area contributed by atoms with Crippen LogP contribution in [0.5, 0.6) is 17.2 Å². The Bertz CT molecular complexity index is 1240. The van der Waals surface area contributed by atoms with E-state index in [1.807, 2.05) is 61.5 Å². The molecule has 0 bridgehead atoms. The largest absolute Gasteiger partial charge is 0.493 e. The molecule has 8 heteroatoms. The molecule has 6 nitrogen and oxygen atoms in total. The fourth-order valence-corrected chi connectivity index (χ4v) is 4.60. The molecule has 0 unspecified atom stereocenters. The molecule has 3 aromatic carbocycles. The van der Waals surface area contributed by atoms with Crippen LogP contribution < -0.4 is 14.2 Å². The zero-order valence-electron chi connectivity index (χ0n) is 19.3. The molecule has 0 radical (unpaired) electrons. The molecule has 0 saturated carbocycles. The number of aryl methyl sites for hydroxylation is 1. The highest BCUT2D eigenvalue weighted by Gasteiger charge is 2.35. The summed E-state index contributed by atoms with van der Waals surface area (Å²) in [4.78, 5) is 27.0. The van der Waals surface area contributed by atoms with E-state index in [1.54, 1.807) is 25.3 Å². The highest BCUT2D eigenvalue weighted by Crippen LogP contribution is 2.35. The van der Waals surface area contributed by atoms with Crippen molar-refractivity contribution in [2.24, 2.45) is 0 Å². The van der Waals surface area contributed by atoms with Crippen molar-refractivity contribution in [3.8, 4) is 17.2 Å².